The summed E-state index contributed by atoms with van der Waals surface area (Å²) in [5.41, 5.74) is 9.65. The van der Waals surface area contributed by atoms with Crippen molar-refractivity contribution in [1.82, 2.24) is 20.6 Å². The Labute approximate surface area is 454 Å². The highest BCUT2D eigenvalue weighted by molar-refractivity contribution is 6.24. The van der Waals surface area contributed by atoms with E-state index in [-0.39, 0.29) is 63.5 Å². The number of hydrogen-bond donors (Lipinski definition) is 2. The first-order chi connectivity index (χ1) is 38.2. The first kappa shape index (κ1) is 53.3. The molecule has 2 N–H and O–H groups in total. The molecule has 0 aliphatic carbocycles. The van der Waals surface area contributed by atoms with Crippen LogP contribution in [0, 0.1) is 27.7 Å². The van der Waals surface area contributed by atoms with Crippen molar-refractivity contribution in [1.29, 1.82) is 0 Å². The number of hydrogen-bond acceptors (Lipinski definition) is 15. The molecule has 0 spiro atoms. The second-order valence-electron chi connectivity index (χ2n) is 19.7. The van der Waals surface area contributed by atoms with Gasteiger partial charge in [0.25, 0.3) is 0 Å². The van der Waals surface area contributed by atoms with Crippen LogP contribution in [0.5, 0.6) is 11.5 Å². The van der Waals surface area contributed by atoms with Gasteiger partial charge in [0, 0.05) is 45.5 Å². The predicted octanol–water partition coefficient (Wildman–Crippen LogP) is 12.1. The maximum atomic E-state index is 11.9. The van der Waals surface area contributed by atoms with Crippen molar-refractivity contribution in [2.24, 2.45) is 0 Å². The number of aromatic nitrogens is 2. The van der Waals surface area contributed by atoms with E-state index in [2.05, 4.69) is 116 Å². The lowest BCUT2D eigenvalue weighted by Crippen LogP contribution is -2.32. The monoisotopic (exact) mass is 1060 g/mol. The molecule has 10 aromatic rings. The van der Waals surface area contributed by atoms with Crippen LogP contribution < -0.4 is 20.1 Å². The fourth-order valence-electron chi connectivity index (χ4n) is 9.77. The van der Waals surface area contributed by atoms with Crippen molar-refractivity contribution in [2.75, 3.05) is 33.5 Å². The van der Waals surface area contributed by atoms with Crippen LogP contribution in [0.1, 0.15) is 54.9 Å². The van der Waals surface area contributed by atoms with Gasteiger partial charge in [-0.25, -0.2) is 19.6 Å². The molecule has 0 bridgehead atoms. The van der Waals surface area contributed by atoms with E-state index in [0.717, 1.165) is 71.0 Å². The molecule has 1 fully saturated rings. The third-order valence-electron chi connectivity index (χ3n) is 13.9. The second kappa shape index (κ2) is 23.2. The Morgan fingerprint density at radius 3 is 1.38 bits per heavy atom. The van der Waals surface area contributed by atoms with Gasteiger partial charge in [0.05, 0.1) is 6.04 Å². The van der Waals surface area contributed by atoms with E-state index in [1.807, 2.05) is 48.5 Å². The maximum absolute atomic E-state index is 11.9. The van der Waals surface area contributed by atoms with Crippen molar-refractivity contribution in [3.8, 4) is 34.4 Å². The summed E-state index contributed by atoms with van der Waals surface area (Å²) in [6.45, 7) is 10.4. The molecule has 11 rings (SSSR count). The van der Waals surface area contributed by atoms with E-state index < -0.39 is 24.1 Å². The molecule has 0 saturated carbocycles. The van der Waals surface area contributed by atoms with E-state index in [0.29, 0.717) is 29.7 Å². The molecule has 1 saturated heterocycles. The van der Waals surface area contributed by atoms with E-state index in [1.165, 1.54) is 34.6 Å². The zero-order chi connectivity index (χ0) is 55.3. The molecule has 3 heterocycles. The average molecular weight is 1060 g/mol. The van der Waals surface area contributed by atoms with Gasteiger partial charge in [-0.3, -0.25) is 14.4 Å². The van der Waals surface area contributed by atoms with E-state index in [1.54, 1.807) is 7.05 Å². The Morgan fingerprint density at radius 2 is 0.975 bits per heavy atom. The number of Topliss-reactive ketones (excluding diaryl/α,β-unsaturated/α-hetero) is 1. The lowest BCUT2D eigenvalue weighted by Gasteiger charge is -2.12. The van der Waals surface area contributed by atoms with Gasteiger partial charge < -0.3 is 43.2 Å². The summed E-state index contributed by atoms with van der Waals surface area (Å²) < 4.78 is 38.8. The van der Waals surface area contributed by atoms with Gasteiger partial charge in [-0.05, 0) is 125 Å². The topological polar surface area (TPSA) is 208 Å². The van der Waals surface area contributed by atoms with Crippen LogP contribution in [0.4, 0.5) is 4.79 Å². The summed E-state index contributed by atoms with van der Waals surface area (Å²) in [5.74, 6) is 0.800. The highest BCUT2D eigenvalue weighted by Crippen LogP contribution is 2.40. The van der Waals surface area contributed by atoms with Crippen LogP contribution in [0.15, 0.2) is 130 Å². The van der Waals surface area contributed by atoms with Gasteiger partial charge in [0.1, 0.15) is 60.8 Å². The van der Waals surface area contributed by atoms with Crippen LogP contribution in [0.2, 0.25) is 0 Å². The summed E-state index contributed by atoms with van der Waals surface area (Å²) in [7, 11) is 1.70. The Balaban J connectivity index is 0.000000178. The Kier molecular flexibility index (Phi) is 15.6. The molecule has 8 aromatic carbocycles. The molecule has 1 aliphatic rings. The highest BCUT2D eigenvalue weighted by atomic mass is 16.6. The van der Waals surface area contributed by atoms with Crippen LogP contribution in [-0.2, 0) is 33.4 Å². The number of nitrogens with one attached hydrogen (secondary N) is 2. The second-order valence-corrected chi connectivity index (χ2v) is 19.7. The normalized spacial score (nSPS) is 13.6. The number of ether oxygens (including phenoxy) is 5. The number of ketones is 1. The fourth-order valence-corrected chi connectivity index (χ4v) is 9.77. The number of fused-ring (bicyclic) bond motifs is 12. The van der Waals surface area contributed by atoms with E-state index in [9.17, 15) is 24.0 Å². The van der Waals surface area contributed by atoms with E-state index >= 15 is 0 Å². The number of cyclic esters (lactones) is 2. The zero-order valence-corrected chi connectivity index (χ0v) is 44.7. The third-order valence-corrected chi connectivity index (χ3v) is 13.9. The van der Waals surface area contributed by atoms with Crippen molar-refractivity contribution in [2.45, 2.75) is 72.4 Å². The number of aryl methyl sites for hydroxylation is 4. The predicted molar refractivity (Wildman–Crippen MR) is 301 cm³/mol. The largest absolute Gasteiger partial charge is 0.490 e. The van der Waals surface area contributed by atoms with Crippen LogP contribution in [0.3, 0.4) is 0 Å². The summed E-state index contributed by atoms with van der Waals surface area (Å²) in [6, 6.07) is 39.3. The molecular formula is C63H58N4O12. The molecule has 0 radical (unpaired) electrons. The lowest BCUT2D eigenvalue weighted by molar-refractivity contribution is -0.145. The highest BCUT2D eigenvalue weighted by Gasteiger charge is 2.32. The van der Waals surface area contributed by atoms with Crippen molar-refractivity contribution in [3.63, 3.8) is 0 Å². The maximum Gasteiger partial charge on any atom is 0.415 e. The molecule has 1 amide bonds. The minimum atomic E-state index is -0.818. The number of amides is 1. The molecular weight excluding hydrogens is 1000 g/mol. The van der Waals surface area contributed by atoms with Gasteiger partial charge in [-0.2, -0.15) is 0 Å². The summed E-state index contributed by atoms with van der Waals surface area (Å²) in [5, 5.41) is 14.1. The van der Waals surface area contributed by atoms with Crippen molar-refractivity contribution < 1.29 is 56.5 Å². The minimum Gasteiger partial charge on any atom is -0.490 e. The molecule has 402 valence electrons. The first-order valence-electron chi connectivity index (χ1n) is 26.1. The van der Waals surface area contributed by atoms with Crippen LogP contribution >= 0.6 is 0 Å². The van der Waals surface area contributed by atoms with Crippen LogP contribution in [-0.4, -0.2) is 85.3 Å². The molecule has 2 aromatic heterocycles. The van der Waals surface area contributed by atoms with Crippen LogP contribution in [0.25, 0.3) is 88.2 Å². The number of oxazole rings is 2. The number of likely N-dealkylation sites (N-methyl/N-ethyl adjacent to an activating group) is 1. The number of rotatable bonds is 18. The van der Waals surface area contributed by atoms with Gasteiger partial charge in [0.2, 0.25) is 11.8 Å². The lowest BCUT2D eigenvalue weighted by atomic mass is 9.97. The Bertz CT molecular complexity index is 3820. The molecule has 1 aliphatic heterocycles. The minimum absolute atomic E-state index is 0.00166. The molecule has 16 heteroatoms. The van der Waals surface area contributed by atoms with Crippen molar-refractivity contribution in [3.05, 3.63) is 144 Å². The number of carbonyl (C=O) groups excluding carboxylic acids is 5. The van der Waals surface area contributed by atoms with Crippen molar-refractivity contribution >= 4 is 95.1 Å². The third kappa shape index (κ3) is 11.9. The first-order valence-corrected chi connectivity index (χ1v) is 26.1. The number of alkyl carbamates (subject to hydrolysis) is 1. The molecule has 79 heavy (non-hydrogen) atoms. The van der Waals surface area contributed by atoms with Gasteiger partial charge in [-0.15, -0.1) is 0 Å². The number of benzene rings is 8. The zero-order valence-electron chi connectivity index (χ0n) is 44.7. The molecule has 16 nitrogen and oxygen atoms in total. The summed E-state index contributed by atoms with van der Waals surface area (Å²) in [6.07, 6.45) is -0.122. The standard InChI is InChI=1S/C32H32N2O5.C31H26N2O7/c1-19-5-11-24-26(17-19)27-18-20(2)6-12-25(27)31-30(24)34-32(39-31)22-7-9-23(10-8-22)37-15-16-38-29(36)14-13-28(33-4)21(3)35;1-17-3-9-21-23(15-17)24-16-18(2)4-10-22(24)28-27(21)33-29(39-28)19-5-7-20(8-6-19)37-13-14-38-26(34)12-11-25-30(35)40-31(36)32-25/h5-12,17-18,28,33H,13-16H2,1-4H3;3-10,15-16,25H,11-14H2,1-2H3,(H,32,36). The average Bonchev–Trinajstić information content (AvgIpc) is 4.36. The number of nitrogens with zero attached hydrogens (tertiary/aromatic N) is 2. The quantitative estimate of drug-likeness (QED) is 0.0269. The Hall–Kier alpha value is -9.15. The number of carbonyl (C=O) groups is 5. The molecule has 2 unspecified atom stereocenters. The van der Waals surface area contributed by atoms with Gasteiger partial charge in [-0.1, -0.05) is 95.1 Å². The summed E-state index contributed by atoms with van der Waals surface area (Å²) >= 11 is 0. The fraction of sp³-hybridized carbons (Fsp3) is 0.254. The number of esters is 3. The Morgan fingerprint density at radius 1 is 0.557 bits per heavy atom. The summed E-state index contributed by atoms with van der Waals surface area (Å²) in [4.78, 5) is 67.5. The SMILES string of the molecule is CNC(CCC(=O)OCCOc1ccc(-c2nc3c4ccc(C)cc4c4cc(C)ccc4c3o2)cc1)C(C)=O.Cc1ccc2c(c1)c1cc(C)ccc1c1oc(-c3ccc(OCCOC(=O)CCC4NC(=O)OC4=O)cc3)nc21. The van der Waals surface area contributed by atoms with Gasteiger partial charge in [0.15, 0.2) is 11.2 Å². The van der Waals surface area contributed by atoms with E-state index in [4.69, 9.17) is 37.7 Å². The smallest absolute Gasteiger partial charge is 0.415 e. The molecule has 2 atom stereocenters. The van der Waals surface area contributed by atoms with Gasteiger partial charge >= 0.3 is 24.0 Å².